The number of methoxy groups -OCH3 is 1. The van der Waals surface area contributed by atoms with Gasteiger partial charge in [0.1, 0.15) is 5.69 Å². The van der Waals surface area contributed by atoms with Gasteiger partial charge >= 0.3 is 5.97 Å². The lowest BCUT2D eigenvalue weighted by molar-refractivity contribution is 0.0594. The number of aliphatic hydroxyl groups is 1. The third kappa shape index (κ3) is 5.59. The minimum absolute atomic E-state index is 0.0132. The number of benzene rings is 2. The van der Waals surface area contributed by atoms with E-state index >= 15 is 0 Å². The zero-order chi connectivity index (χ0) is 21.2. The zero-order valence-corrected chi connectivity index (χ0v) is 16.6. The van der Waals surface area contributed by atoms with Crippen molar-refractivity contribution in [3.63, 3.8) is 0 Å². The molecule has 0 aliphatic rings. The molecular weight excluding hydrogens is 376 g/mol. The molecule has 0 saturated heterocycles. The number of aliphatic hydroxyl groups excluding tert-OH is 1. The van der Waals surface area contributed by atoms with Crippen LogP contribution in [-0.4, -0.2) is 28.2 Å². The first-order valence-corrected chi connectivity index (χ1v) is 9.42. The average Bonchev–Trinajstić information content (AvgIpc) is 2.85. The predicted molar refractivity (Wildman–Crippen MR) is 117 cm³/mol. The van der Waals surface area contributed by atoms with E-state index in [1.54, 1.807) is 18.5 Å². The second-order valence-electron chi connectivity index (χ2n) is 6.35. The maximum Gasteiger partial charge on any atom is 0.356 e. The molecule has 30 heavy (non-hydrogen) atoms. The highest BCUT2D eigenvalue weighted by atomic mass is 16.5. The summed E-state index contributed by atoms with van der Waals surface area (Å²) < 4.78 is 4.63. The Bertz CT molecular complexity index is 1080. The minimum Gasteiger partial charge on any atom is -0.464 e. The molecule has 0 aliphatic carbocycles. The van der Waals surface area contributed by atoms with Crippen molar-refractivity contribution in [2.24, 2.45) is 0 Å². The van der Waals surface area contributed by atoms with Crippen molar-refractivity contribution in [2.45, 2.75) is 6.61 Å². The van der Waals surface area contributed by atoms with Crippen LogP contribution in [0.3, 0.4) is 0 Å². The van der Waals surface area contributed by atoms with Crippen LogP contribution in [0, 0.1) is 0 Å². The van der Waals surface area contributed by atoms with Crippen LogP contribution in [0.5, 0.6) is 0 Å². The standard InChI is InChI=1S/C13H11NO2.C12H11NO/c1-16-13(15)12-9-11(7-8-14-12)10-5-3-2-4-6-10;14-9-12-8-11(6-7-13-12)10-4-2-1-3-5-10/h2-9H,1H3;1-8,14H,9H2. The Morgan fingerprint density at radius 1 is 0.767 bits per heavy atom. The number of hydrogen-bond acceptors (Lipinski definition) is 5. The molecule has 4 aromatic rings. The van der Waals surface area contributed by atoms with Gasteiger partial charge in [0.25, 0.3) is 0 Å². The summed E-state index contributed by atoms with van der Waals surface area (Å²) in [5, 5.41) is 8.95. The van der Waals surface area contributed by atoms with Gasteiger partial charge in [0.05, 0.1) is 19.4 Å². The molecule has 0 bridgehead atoms. The van der Waals surface area contributed by atoms with Gasteiger partial charge in [-0.05, 0) is 46.5 Å². The van der Waals surface area contributed by atoms with Crippen molar-refractivity contribution >= 4 is 5.97 Å². The van der Waals surface area contributed by atoms with E-state index in [1.165, 1.54) is 7.11 Å². The SMILES string of the molecule is COC(=O)c1cc(-c2ccccc2)ccn1.OCc1cc(-c2ccccc2)ccn1. The Morgan fingerprint density at radius 2 is 1.30 bits per heavy atom. The molecule has 0 spiro atoms. The number of carbonyl (C=O) groups is 1. The molecule has 4 rings (SSSR count). The van der Waals surface area contributed by atoms with Crippen LogP contribution >= 0.6 is 0 Å². The Morgan fingerprint density at radius 3 is 1.83 bits per heavy atom. The van der Waals surface area contributed by atoms with Gasteiger partial charge in [-0.25, -0.2) is 9.78 Å². The molecule has 0 radical (unpaired) electrons. The summed E-state index contributed by atoms with van der Waals surface area (Å²) in [4.78, 5) is 19.3. The number of pyridine rings is 2. The number of carbonyl (C=O) groups excluding carboxylic acids is 1. The first-order chi connectivity index (χ1) is 14.7. The smallest absolute Gasteiger partial charge is 0.356 e. The summed E-state index contributed by atoms with van der Waals surface area (Å²) in [7, 11) is 1.35. The van der Waals surface area contributed by atoms with E-state index in [0.29, 0.717) is 11.4 Å². The zero-order valence-electron chi connectivity index (χ0n) is 16.6. The molecule has 5 nitrogen and oxygen atoms in total. The van der Waals surface area contributed by atoms with E-state index in [0.717, 1.165) is 22.3 Å². The number of nitrogens with zero attached hydrogens (tertiary/aromatic N) is 2. The van der Waals surface area contributed by atoms with Gasteiger partial charge in [0, 0.05) is 12.4 Å². The fourth-order valence-electron chi connectivity index (χ4n) is 2.83. The molecule has 150 valence electrons. The molecule has 2 heterocycles. The molecule has 1 N–H and O–H groups in total. The van der Waals surface area contributed by atoms with Crippen molar-refractivity contribution in [3.8, 4) is 22.3 Å². The summed E-state index contributed by atoms with van der Waals surface area (Å²) in [6, 6.07) is 27.3. The fraction of sp³-hybridized carbons (Fsp3) is 0.0800. The van der Waals surface area contributed by atoms with Gasteiger partial charge in [-0.3, -0.25) is 4.98 Å². The van der Waals surface area contributed by atoms with E-state index in [9.17, 15) is 4.79 Å². The van der Waals surface area contributed by atoms with Crippen LogP contribution in [-0.2, 0) is 11.3 Å². The molecule has 2 aromatic carbocycles. The molecule has 0 fully saturated rings. The van der Waals surface area contributed by atoms with Crippen LogP contribution in [0.25, 0.3) is 22.3 Å². The fourth-order valence-corrected chi connectivity index (χ4v) is 2.83. The van der Waals surface area contributed by atoms with Crippen molar-refractivity contribution in [2.75, 3.05) is 7.11 Å². The quantitative estimate of drug-likeness (QED) is 0.501. The first kappa shape index (κ1) is 20.9. The lowest BCUT2D eigenvalue weighted by Crippen LogP contribution is -2.03. The van der Waals surface area contributed by atoms with Gasteiger partial charge in [0.15, 0.2) is 0 Å². The Labute approximate surface area is 175 Å². The molecule has 0 amide bonds. The highest BCUT2D eigenvalue weighted by Gasteiger charge is 2.07. The van der Waals surface area contributed by atoms with Crippen LogP contribution in [0.1, 0.15) is 16.2 Å². The molecule has 0 aliphatic heterocycles. The Hall–Kier alpha value is -3.83. The molecule has 0 unspecified atom stereocenters. The van der Waals surface area contributed by atoms with E-state index in [2.05, 4.69) is 14.7 Å². The Kier molecular flexibility index (Phi) is 7.41. The monoisotopic (exact) mass is 398 g/mol. The highest BCUT2D eigenvalue weighted by Crippen LogP contribution is 2.19. The summed E-state index contributed by atoms with van der Waals surface area (Å²) in [6.45, 7) is -0.0132. The van der Waals surface area contributed by atoms with Crippen molar-refractivity contribution < 1.29 is 14.6 Å². The number of hydrogen-bond donors (Lipinski definition) is 1. The van der Waals surface area contributed by atoms with E-state index in [4.69, 9.17) is 5.11 Å². The Balaban J connectivity index is 0.000000172. The van der Waals surface area contributed by atoms with Crippen LogP contribution in [0.4, 0.5) is 0 Å². The van der Waals surface area contributed by atoms with Gasteiger partial charge < -0.3 is 9.84 Å². The highest BCUT2D eigenvalue weighted by molar-refractivity contribution is 5.88. The summed E-state index contributed by atoms with van der Waals surface area (Å²) >= 11 is 0. The molecule has 5 heteroatoms. The number of ether oxygens (including phenoxy) is 1. The number of aromatic nitrogens is 2. The second kappa shape index (κ2) is 10.6. The lowest BCUT2D eigenvalue weighted by Gasteiger charge is -2.03. The molecule has 0 saturated carbocycles. The van der Waals surface area contributed by atoms with E-state index in [1.807, 2.05) is 78.9 Å². The second-order valence-corrected chi connectivity index (χ2v) is 6.35. The van der Waals surface area contributed by atoms with Gasteiger partial charge in [-0.15, -0.1) is 0 Å². The molecule has 0 atom stereocenters. The van der Waals surface area contributed by atoms with Crippen molar-refractivity contribution in [1.82, 2.24) is 9.97 Å². The molecular formula is C25H22N2O3. The van der Waals surface area contributed by atoms with Gasteiger partial charge in [-0.1, -0.05) is 60.7 Å². The molecule has 2 aromatic heterocycles. The van der Waals surface area contributed by atoms with Crippen LogP contribution in [0.15, 0.2) is 97.3 Å². The lowest BCUT2D eigenvalue weighted by atomic mass is 10.1. The maximum atomic E-state index is 11.3. The van der Waals surface area contributed by atoms with Crippen LogP contribution in [0.2, 0.25) is 0 Å². The maximum absolute atomic E-state index is 11.3. The normalized spacial score (nSPS) is 9.93. The largest absolute Gasteiger partial charge is 0.464 e. The summed E-state index contributed by atoms with van der Waals surface area (Å²) in [5.41, 5.74) is 5.26. The first-order valence-electron chi connectivity index (χ1n) is 9.42. The van der Waals surface area contributed by atoms with Crippen LogP contribution < -0.4 is 0 Å². The summed E-state index contributed by atoms with van der Waals surface area (Å²) in [6.07, 6.45) is 3.32. The number of esters is 1. The third-order valence-corrected chi connectivity index (χ3v) is 4.35. The topological polar surface area (TPSA) is 72.3 Å². The van der Waals surface area contributed by atoms with E-state index < -0.39 is 5.97 Å². The van der Waals surface area contributed by atoms with Crippen molar-refractivity contribution in [3.05, 3.63) is 109 Å². The average molecular weight is 398 g/mol. The van der Waals surface area contributed by atoms with Crippen molar-refractivity contribution in [1.29, 1.82) is 0 Å². The summed E-state index contributed by atoms with van der Waals surface area (Å²) in [5.74, 6) is -0.419. The predicted octanol–water partition coefficient (Wildman–Crippen LogP) is 4.78. The number of rotatable bonds is 4. The minimum atomic E-state index is -0.419. The van der Waals surface area contributed by atoms with Gasteiger partial charge in [-0.2, -0.15) is 0 Å². The van der Waals surface area contributed by atoms with E-state index in [-0.39, 0.29) is 6.61 Å². The van der Waals surface area contributed by atoms with Gasteiger partial charge in [0.2, 0.25) is 0 Å². The third-order valence-electron chi connectivity index (χ3n) is 4.35.